The molecule has 0 bridgehead atoms. The van der Waals surface area contributed by atoms with E-state index in [1.807, 2.05) is 31.2 Å². The predicted octanol–water partition coefficient (Wildman–Crippen LogP) is 3.45. The fraction of sp³-hybridized carbons (Fsp3) is 0.250. The monoisotopic (exact) mass is 433 g/mol. The molecular formula is C24H23N3O5. The van der Waals surface area contributed by atoms with Gasteiger partial charge >= 0.3 is 5.97 Å². The summed E-state index contributed by atoms with van der Waals surface area (Å²) in [4.78, 5) is 44.0. The number of aryl methyl sites for hydroxylation is 1. The second kappa shape index (κ2) is 9.05. The van der Waals surface area contributed by atoms with Crippen molar-refractivity contribution in [2.24, 2.45) is 0 Å². The number of fused-ring (bicyclic) bond motifs is 1. The molecule has 1 aliphatic heterocycles. The second-order valence-electron chi connectivity index (χ2n) is 7.44. The zero-order valence-electron chi connectivity index (χ0n) is 17.9. The Morgan fingerprint density at radius 2 is 2.12 bits per heavy atom. The first kappa shape index (κ1) is 21.3. The van der Waals surface area contributed by atoms with Crippen LogP contribution in [0.1, 0.15) is 39.0 Å². The number of amides is 2. The van der Waals surface area contributed by atoms with Crippen molar-refractivity contribution in [2.45, 2.75) is 20.4 Å². The number of esters is 1. The van der Waals surface area contributed by atoms with E-state index >= 15 is 0 Å². The number of ether oxygens (including phenoxy) is 1. The normalized spacial score (nSPS) is 12.6. The Morgan fingerprint density at radius 3 is 2.84 bits per heavy atom. The van der Waals surface area contributed by atoms with Crippen molar-refractivity contribution in [3.63, 3.8) is 0 Å². The van der Waals surface area contributed by atoms with Crippen molar-refractivity contribution in [1.82, 2.24) is 9.88 Å². The maximum absolute atomic E-state index is 12.9. The van der Waals surface area contributed by atoms with Crippen molar-refractivity contribution < 1.29 is 23.5 Å². The van der Waals surface area contributed by atoms with Gasteiger partial charge in [-0.15, -0.1) is 0 Å². The molecule has 2 aromatic carbocycles. The van der Waals surface area contributed by atoms with Crippen LogP contribution in [-0.2, 0) is 16.1 Å². The van der Waals surface area contributed by atoms with Crippen molar-refractivity contribution in [3.8, 4) is 11.5 Å². The summed E-state index contributed by atoms with van der Waals surface area (Å²) in [5, 5.41) is 0. The summed E-state index contributed by atoms with van der Waals surface area (Å²) in [6, 6.07) is 12.4. The number of nitrogens with zero attached hydrogens (tertiary/aromatic N) is 3. The average molecular weight is 433 g/mol. The molecule has 0 spiro atoms. The van der Waals surface area contributed by atoms with Crippen LogP contribution in [0.4, 0.5) is 5.69 Å². The number of rotatable bonds is 8. The molecule has 1 aliphatic rings. The molecule has 0 radical (unpaired) electrons. The minimum atomic E-state index is -0.449. The molecule has 0 aliphatic carbocycles. The molecule has 0 atom stereocenters. The predicted molar refractivity (Wildman–Crippen MR) is 117 cm³/mol. The fourth-order valence-electron chi connectivity index (χ4n) is 3.66. The summed E-state index contributed by atoms with van der Waals surface area (Å²) in [5.74, 6) is 0.574. The lowest BCUT2D eigenvalue weighted by Crippen LogP contribution is -2.34. The third-order valence-corrected chi connectivity index (χ3v) is 5.28. The van der Waals surface area contributed by atoms with Gasteiger partial charge in [0.1, 0.15) is 5.76 Å². The number of oxazole rings is 1. The highest BCUT2D eigenvalue weighted by molar-refractivity contribution is 6.01. The SMILES string of the molecule is CCOC(=O)c1ccc2c(c1)C(=O)N(CCN(C=O)c1cccc(-c3ncc(C)o3)c1)C2. The van der Waals surface area contributed by atoms with Crippen LogP contribution in [0.5, 0.6) is 0 Å². The Balaban J connectivity index is 1.45. The third-order valence-electron chi connectivity index (χ3n) is 5.28. The van der Waals surface area contributed by atoms with Crippen LogP contribution in [0.2, 0.25) is 0 Å². The molecule has 3 aromatic rings. The highest BCUT2D eigenvalue weighted by Crippen LogP contribution is 2.26. The first-order valence-electron chi connectivity index (χ1n) is 10.3. The van der Waals surface area contributed by atoms with E-state index in [4.69, 9.17) is 9.15 Å². The first-order valence-corrected chi connectivity index (χ1v) is 10.3. The quantitative estimate of drug-likeness (QED) is 0.399. The average Bonchev–Trinajstić information content (AvgIpc) is 3.37. The summed E-state index contributed by atoms with van der Waals surface area (Å²) < 4.78 is 10.6. The van der Waals surface area contributed by atoms with Crippen LogP contribution < -0.4 is 4.90 Å². The maximum atomic E-state index is 12.9. The van der Waals surface area contributed by atoms with Crippen LogP contribution in [0.25, 0.3) is 11.5 Å². The molecule has 2 amide bonds. The molecule has 0 N–H and O–H groups in total. The van der Waals surface area contributed by atoms with Crippen molar-refractivity contribution in [3.05, 3.63) is 71.1 Å². The van der Waals surface area contributed by atoms with E-state index in [9.17, 15) is 14.4 Å². The molecule has 0 saturated carbocycles. The van der Waals surface area contributed by atoms with Crippen LogP contribution in [0, 0.1) is 6.92 Å². The molecule has 8 heteroatoms. The molecule has 2 heterocycles. The van der Waals surface area contributed by atoms with E-state index in [1.54, 1.807) is 41.1 Å². The molecule has 32 heavy (non-hydrogen) atoms. The van der Waals surface area contributed by atoms with Gasteiger partial charge < -0.3 is 19.0 Å². The summed E-state index contributed by atoms with van der Waals surface area (Å²) in [6.45, 7) is 4.93. The van der Waals surface area contributed by atoms with Gasteiger partial charge in [-0.2, -0.15) is 0 Å². The molecule has 0 fully saturated rings. The van der Waals surface area contributed by atoms with E-state index < -0.39 is 5.97 Å². The zero-order valence-corrected chi connectivity index (χ0v) is 17.9. The van der Waals surface area contributed by atoms with Gasteiger partial charge in [0.15, 0.2) is 0 Å². The molecule has 4 rings (SSSR count). The van der Waals surface area contributed by atoms with E-state index in [2.05, 4.69) is 4.98 Å². The van der Waals surface area contributed by atoms with Gasteiger partial charge in [0.25, 0.3) is 5.91 Å². The number of anilines is 1. The number of carbonyl (C=O) groups is 3. The van der Waals surface area contributed by atoms with Crippen LogP contribution in [-0.4, -0.2) is 47.9 Å². The van der Waals surface area contributed by atoms with E-state index in [-0.39, 0.29) is 12.5 Å². The molecule has 164 valence electrons. The lowest BCUT2D eigenvalue weighted by molar-refractivity contribution is -0.107. The van der Waals surface area contributed by atoms with E-state index in [0.717, 1.165) is 17.5 Å². The summed E-state index contributed by atoms with van der Waals surface area (Å²) in [6.07, 6.45) is 2.38. The van der Waals surface area contributed by atoms with Gasteiger partial charge in [-0.25, -0.2) is 9.78 Å². The minimum absolute atomic E-state index is 0.166. The van der Waals surface area contributed by atoms with Gasteiger partial charge in [0.2, 0.25) is 12.3 Å². The van der Waals surface area contributed by atoms with Gasteiger partial charge in [0.05, 0.1) is 18.4 Å². The standard InChI is InChI=1S/C24H23N3O5/c1-3-31-24(30)18-7-8-19-14-26(23(29)21(19)12-18)9-10-27(15-28)20-6-4-5-17(11-20)22-25-13-16(2)32-22/h4-8,11-13,15H,3,9-10,14H2,1-2H3. The van der Waals surface area contributed by atoms with Crippen molar-refractivity contribution in [2.75, 3.05) is 24.6 Å². The third kappa shape index (κ3) is 4.25. The smallest absolute Gasteiger partial charge is 0.338 e. The van der Waals surface area contributed by atoms with E-state index in [1.165, 1.54) is 0 Å². The first-order chi connectivity index (χ1) is 15.5. The molecular weight excluding hydrogens is 410 g/mol. The molecule has 8 nitrogen and oxygen atoms in total. The second-order valence-corrected chi connectivity index (χ2v) is 7.44. The van der Waals surface area contributed by atoms with Crippen LogP contribution >= 0.6 is 0 Å². The van der Waals surface area contributed by atoms with Gasteiger partial charge in [-0.1, -0.05) is 12.1 Å². The lowest BCUT2D eigenvalue weighted by Gasteiger charge is -2.22. The number of benzene rings is 2. The number of hydrogen-bond acceptors (Lipinski definition) is 6. The van der Waals surface area contributed by atoms with Gasteiger partial charge in [-0.05, 0) is 49.7 Å². The largest absolute Gasteiger partial charge is 0.462 e. The highest BCUT2D eigenvalue weighted by Gasteiger charge is 2.28. The number of hydrogen-bond donors (Lipinski definition) is 0. The van der Waals surface area contributed by atoms with Crippen molar-refractivity contribution >= 4 is 24.0 Å². The highest BCUT2D eigenvalue weighted by atomic mass is 16.5. The van der Waals surface area contributed by atoms with Gasteiger partial charge in [-0.3, -0.25) is 9.59 Å². The summed E-state index contributed by atoms with van der Waals surface area (Å²) >= 11 is 0. The zero-order chi connectivity index (χ0) is 22.7. The maximum Gasteiger partial charge on any atom is 0.338 e. The summed E-state index contributed by atoms with van der Waals surface area (Å²) in [7, 11) is 0. The van der Waals surface area contributed by atoms with Crippen LogP contribution in [0.15, 0.2) is 53.1 Å². The Kier molecular flexibility index (Phi) is 6.02. The topological polar surface area (TPSA) is 93.0 Å². The number of carbonyl (C=O) groups excluding carboxylic acids is 3. The minimum Gasteiger partial charge on any atom is -0.462 e. The van der Waals surface area contributed by atoms with Gasteiger partial charge in [0, 0.05) is 36.4 Å². The molecule has 1 aromatic heterocycles. The van der Waals surface area contributed by atoms with E-state index in [0.29, 0.717) is 48.1 Å². The summed E-state index contributed by atoms with van der Waals surface area (Å²) in [5.41, 5.74) is 3.14. The van der Waals surface area contributed by atoms with Crippen molar-refractivity contribution in [1.29, 1.82) is 0 Å². The van der Waals surface area contributed by atoms with Crippen LogP contribution in [0.3, 0.4) is 0 Å². The lowest BCUT2D eigenvalue weighted by atomic mass is 10.1. The fourth-order valence-corrected chi connectivity index (χ4v) is 3.66. The number of aromatic nitrogens is 1. The molecule has 0 unspecified atom stereocenters. The Hall–Kier alpha value is -3.94. The molecule has 0 saturated heterocycles. The Labute approximate surface area is 185 Å². The Morgan fingerprint density at radius 1 is 1.28 bits per heavy atom. The Bertz CT molecular complexity index is 1170.